The van der Waals surface area contributed by atoms with Gasteiger partial charge >= 0.3 is 0 Å². The molecule has 1 N–H and O–H groups in total. The van der Waals surface area contributed by atoms with E-state index in [1.54, 1.807) is 6.07 Å². The van der Waals surface area contributed by atoms with Gasteiger partial charge in [-0.2, -0.15) is 5.26 Å². The number of nitrogens with zero attached hydrogens (tertiary/aromatic N) is 1. The van der Waals surface area contributed by atoms with E-state index in [9.17, 15) is 0 Å². The van der Waals surface area contributed by atoms with E-state index >= 15 is 0 Å². The summed E-state index contributed by atoms with van der Waals surface area (Å²) in [5.41, 5.74) is 2.62. The standard InChI is InChI=1S/C11H10N2/c1-3-6-13-11-5-4-10(8-12)9(2)7-11/h1,4-5,7,13H,6H2,2H3. The Labute approximate surface area is 78.2 Å². The highest BCUT2D eigenvalue weighted by atomic mass is 14.8. The summed E-state index contributed by atoms with van der Waals surface area (Å²) in [6.45, 7) is 2.41. The van der Waals surface area contributed by atoms with E-state index in [0.717, 1.165) is 11.3 Å². The van der Waals surface area contributed by atoms with Gasteiger partial charge in [-0.3, -0.25) is 0 Å². The Morgan fingerprint density at radius 1 is 1.54 bits per heavy atom. The summed E-state index contributed by atoms with van der Waals surface area (Å²) in [5, 5.41) is 11.7. The SMILES string of the molecule is C#CCNc1ccc(C#N)c(C)c1. The number of anilines is 1. The summed E-state index contributed by atoms with van der Waals surface area (Å²) in [5.74, 6) is 2.49. The molecule has 0 saturated carbocycles. The average Bonchev–Trinajstić information content (AvgIpc) is 2.15. The molecule has 0 atom stereocenters. The first kappa shape index (κ1) is 9.16. The molecule has 0 aliphatic carbocycles. The number of terminal acetylenes is 1. The quantitative estimate of drug-likeness (QED) is 0.688. The van der Waals surface area contributed by atoms with E-state index in [0.29, 0.717) is 12.1 Å². The van der Waals surface area contributed by atoms with Crippen LogP contribution in [0.4, 0.5) is 5.69 Å². The van der Waals surface area contributed by atoms with Crippen molar-refractivity contribution in [3.63, 3.8) is 0 Å². The molecule has 0 fully saturated rings. The molecule has 0 saturated heterocycles. The predicted octanol–water partition coefficient (Wildman–Crippen LogP) is 1.91. The maximum Gasteiger partial charge on any atom is 0.0994 e. The van der Waals surface area contributed by atoms with Crippen LogP contribution in [0, 0.1) is 30.6 Å². The highest BCUT2D eigenvalue weighted by Gasteiger charge is 1.97. The number of hydrogen-bond acceptors (Lipinski definition) is 2. The van der Waals surface area contributed by atoms with Crippen molar-refractivity contribution in [1.29, 1.82) is 5.26 Å². The van der Waals surface area contributed by atoms with Crippen molar-refractivity contribution in [3.8, 4) is 18.4 Å². The Hall–Kier alpha value is -1.93. The van der Waals surface area contributed by atoms with Crippen LogP contribution in [0.5, 0.6) is 0 Å². The molecule has 0 aromatic heterocycles. The molecule has 0 bridgehead atoms. The number of hydrogen-bond donors (Lipinski definition) is 1. The van der Waals surface area contributed by atoms with Crippen LogP contribution in [0.2, 0.25) is 0 Å². The van der Waals surface area contributed by atoms with Crippen LogP contribution in [-0.4, -0.2) is 6.54 Å². The lowest BCUT2D eigenvalue weighted by Gasteiger charge is -2.03. The van der Waals surface area contributed by atoms with Gasteiger partial charge in [0.25, 0.3) is 0 Å². The van der Waals surface area contributed by atoms with Crippen LogP contribution in [-0.2, 0) is 0 Å². The zero-order valence-corrected chi connectivity index (χ0v) is 7.46. The smallest absolute Gasteiger partial charge is 0.0994 e. The Morgan fingerprint density at radius 3 is 2.85 bits per heavy atom. The summed E-state index contributed by atoms with van der Waals surface area (Å²) in [6.07, 6.45) is 5.11. The minimum Gasteiger partial charge on any atom is -0.374 e. The first-order valence-corrected chi connectivity index (χ1v) is 3.96. The van der Waals surface area contributed by atoms with E-state index < -0.39 is 0 Å². The number of nitriles is 1. The fraction of sp³-hybridized carbons (Fsp3) is 0.182. The molecule has 0 spiro atoms. The molecular formula is C11H10N2. The van der Waals surface area contributed by atoms with Gasteiger partial charge in [-0.15, -0.1) is 6.42 Å². The van der Waals surface area contributed by atoms with Crippen molar-refractivity contribution in [2.24, 2.45) is 0 Å². The summed E-state index contributed by atoms with van der Waals surface area (Å²) < 4.78 is 0. The van der Waals surface area contributed by atoms with Crippen molar-refractivity contribution in [2.75, 3.05) is 11.9 Å². The van der Waals surface area contributed by atoms with Gasteiger partial charge in [0.15, 0.2) is 0 Å². The van der Waals surface area contributed by atoms with Crippen molar-refractivity contribution < 1.29 is 0 Å². The van der Waals surface area contributed by atoms with Crippen LogP contribution in [0.1, 0.15) is 11.1 Å². The lowest BCUT2D eigenvalue weighted by molar-refractivity contribution is 1.34. The Balaban J connectivity index is 2.86. The molecule has 13 heavy (non-hydrogen) atoms. The van der Waals surface area contributed by atoms with Gasteiger partial charge in [0.05, 0.1) is 18.2 Å². The number of rotatable bonds is 2. The van der Waals surface area contributed by atoms with Crippen molar-refractivity contribution in [3.05, 3.63) is 29.3 Å². The van der Waals surface area contributed by atoms with Crippen molar-refractivity contribution >= 4 is 5.69 Å². The van der Waals surface area contributed by atoms with E-state index in [1.807, 2.05) is 19.1 Å². The lowest BCUT2D eigenvalue weighted by atomic mass is 10.1. The van der Waals surface area contributed by atoms with E-state index in [2.05, 4.69) is 17.3 Å². The monoisotopic (exact) mass is 170 g/mol. The molecule has 64 valence electrons. The van der Waals surface area contributed by atoms with Crippen LogP contribution < -0.4 is 5.32 Å². The minimum absolute atomic E-state index is 0.505. The Kier molecular flexibility index (Phi) is 2.95. The second kappa shape index (κ2) is 4.18. The van der Waals surface area contributed by atoms with Crippen LogP contribution in [0.15, 0.2) is 18.2 Å². The normalized spacial score (nSPS) is 8.54. The molecule has 0 unspecified atom stereocenters. The minimum atomic E-state index is 0.505. The van der Waals surface area contributed by atoms with Crippen LogP contribution >= 0.6 is 0 Å². The molecule has 1 aromatic carbocycles. The molecule has 0 radical (unpaired) electrons. The van der Waals surface area contributed by atoms with Gasteiger partial charge in [0.1, 0.15) is 0 Å². The third kappa shape index (κ3) is 2.25. The molecule has 0 heterocycles. The average molecular weight is 170 g/mol. The highest BCUT2D eigenvalue weighted by molar-refractivity contribution is 5.51. The van der Waals surface area contributed by atoms with Crippen LogP contribution in [0.25, 0.3) is 0 Å². The van der Waals surface area contributed by atoms with Gasteiger partial charge in [0, 0.05) is 5.69 Å². The Bertz CT molecular complexity index is 380. The third-order valence-electron chi connectivity index (χ3n) is 1.74. The molecule has 0 aliphatic heterocycles. The molecular weight excluding hydrogens is 160 g/mol. The Morgan fingerprint density at radius 2 is 2.31 bits per heavy atom. The van der Waals surface area contributed by atoms with E-state index in [4.69, 9.17) is 11.7 Å². The topological polar surface area (TPSA) is 35.8 Å². The van der Waals surface area contributed by atoms with Crippen molar-refractivity contribution in [2.45, 2.75) is 6.92 Å². The second-order valence-corrected chi connectivity index (χ2v) is 2.70. The van der Waals surface area contributed by atoms with Gasteiger partial charge in [0.2, 0.25) is 0 Å². The molecule has 0 aliphatic rings. The number of benzene rings is 1. The number of nitrogens with one attached hydrogen (secondary N) is 1. The third-order valence-corrected chi connectivity index (χ3v) is 1.74. The second-order valence-electron chi connectivity index (χ2n) is 2.70. The van der Waals surface area contributed by atoms with Gasteiger partial charge in [-0.05, 0) is 30.7 Å². The fourth-order valence-corrected chi connectivity index (χ4v) is 1.05. The fourth-order valence-electron chi connectivity index (χ4n) is 1.05. The summed E-state index contributed by atoms with van der Waals surface area (Å²) in [7, 11) is 0. The molecule has 1 rings (SSSR count). The zero-order valence-electron chi connectivity index (χ0n) is 7.46. The van der Waals surface area contributed by atoms with E-state index in [-0.39, 0.29) is 0 Å². The summed E-state index contributed by atoms with van der Waals surface area (Å²) in [4.78, 5) is 0. The lowest BCUT2D eigenvalue weighted by Crippen LogP contribution is -1.98. The zero-order chi connectivity index (χ0) is 9.68. The van der Waals surface area contributed by atoms with Gasteiger partial charge in [-0.1, -0.05) is 5.92 Å². The molecule has 2 nitrogen and oxygen atoms in total. The summed E-state index contributed by atoms with van der Waals surface area (Å²) in [6, 6.07) is 7.66. The van der Waals surface area contributed by atoms with Crippen molar-refractivity contribution in [1.82, 2.24) is 0 Å². The maximum absolute atomic E-state index is 8.68. The first-order chi connectivity index (χ1) is 6.27. The van der Waals surface area contributed by atoms with Gasteiger partial charge in [-0.25, -0.2) is 0 Å². The first-order valence-electron chi connectivity index (χ1n) is 3.96. The van der Waals surface area contributed by atoms with E-state index in [1.165, 1.54) is 0 Å². The van der Waals surface area contributed by atoms with Crippen LogP contribution in [0.3, 0.4) is 0 Å². The maximum atomic E-state index is 8.68. The largest absolute Gasteiger partial charge is 0.374 e. The molecule has 1 aromatic rings. The predicted molar refractivity (Wildman–Crippen MR) is 53.2 cm³/mol. The summed E-state index contributed by atoms with van der Waals surface area (Å²) >= 11 is 0. The van der Waals surface area contributed by atoms with Gasteiger partial charge < -0.3 is 5.32 Å². The number of aryl methyl sites for hydroxylation is 1. The molecule has 2 heteroatoms. The molecule has 0 amide bonds. The highest BCUT2D eigenvalue weighted by Crippen LogP contribution is 2.13.